The summed E-state index contributed by atoms with van der Waals surface area (Å²) in [6, 6.07) is 7.33. The number of alkyl carbamates (subject to hydrolysis) is 1. The minimum absolute atomic E-state index is 0.210. The molecular weight excluding hydrogens is 497 g/mol. The molecular formula is C21H25F3N2O6S2. The average molecular weight is 523 g/mol. The van der Waals surface area contributed by atoms with Gasteiger partial charge >= 0.3 is 12.3 Å². The molecule has 0 aliphatic rings. The van der Waals surface area contributed by atoms with Crippen LogP contribution >= 0.6 is 0 Å². The van der Waals surface area contributed by atoms with Crippen molar-refractivity contribution < 1.29 is 39.5 Å². The first-order valence-electron chi connectivity index (χ1n) is 9.92. The van der Waals surface area contributed by atoms with E-state index in [1.807, 2.05) is 4.72 Å². The molecule has 0 saturated carbocycles. The van der Waals surface area contributed by atoms with Crippen molar-refractivity contribution in [2.45, 2.75) is 60.1 Å². The lowest BCUT2D eigenvalue weighted by atomic mass is 10.1. The zero-order valence-electron chi connectivity index (χ0n) is 18.8. The molecule has 8 nitrogen and oxygen atoms in total. The molecule has 0 fully saturated rings. The van der Waals surface area contributed by atoms with Crippen LogP contribution in [0.4, 0.5) is 18.0 Å². The highest BCUT2D eigenvalue weighted by Gasteiger charge is 2.38. The number of sulfone groups is 1. The van der Waals surface area contributed by atoms with Gasteiger partial charge in [-0.25, -0.2) is 26.4 Å². The molecule has 0 heterocycles. The molecule has 0 aliphatic heterocycles. The van der Waals surface area contributed by atoms with Crippen molar-refractivity contribution >= 4 is 26.0 Å². The van der Waals surface area contributed by atoms with E-state index < -0.39 is 65.7 Å². The minimum Gasteiger partial charge on any atom is -0.448 e. The zero-order chi connectivity index (χ0) is 25.9. The maximum Gasteiger partial charge on any atom is 0.417 e. The molecule has 0 spiro atoms. The first-order chi connectivity index (χ1) is 15.4. The van der Waals surface area contributed by atoms with Crippen LogP contribution < -0.4 is 10.0 Å². The number of carbonyl (C=O) groups excluding carboxylic acids is 1. The number of carbonyl (C=O) groups is 1. The van der Waals surface area contributed by atoms with Crippen molar-refractivity contribution in [2.24, 2.45) is 0 Å². The smallest absolute Gasteiger partial charge is 0.417 e. The number of nitrogens with one attached hydrogen (secondary N) is 2. The van der Waals surface area contributed by atoms with Gasteiger partial charge in [-0.1, -0.05) is 18.2 Å². The molecule has 1 atom stereocenters. The van der Waals surface area contributed by atoms with Crippen LogP contribution in [0.25, 0.3) is 0 Å². The summed E-state index contributed by atoms with van der Waals surface area (Å²) in [6.45, 7) is 5.87. The molecule has 1 unspecified atom stereocenters. The summed E-state index contributed by atoms with van der Waals surface area (Å²) in [5.41, 5.74) is -2.16. The van der Waals surface area contributed by atoms with E-state index in [1.165, 1.54) is 31.2 Å². The summed E-state index contributed by atoms with van der Waals surface area (Å²) in [5, 5.41) is 2.48. The summed E-state index contributed by atoms with van der Waals surface area (Å²) in [6.07, 6.45) is -5.92. The first-order valence-corrected chi connectivity index (χ1v) is 12.9. The van der Waals surface area contributed by atoms with Crippen LogP contribution in [0.15, 0.2) is 63.2 Å². The highest BCUT2D eigenvalue weighted by atomic mass is 32.2. The lowest BCUT2D eigenvalue weighted by Gasteiger charge is -2.22. The molecule has 2 rings (SSSR count). The van der Waals surface area contributed by atoms with E-state index in [0.717, 1.165) is 0 Å². The van der Waals surface area contributed by atoms with Crippen LogP contribution in [0.2, 0.25) is 0 Å². The third kappa shape index (κ3) is 7.18. The van der Waals surface area contributed by atoms with Gasteiger partial charge in [0.1, 0.15) is 6.61 Å². The van der Waals surface area contributed by atoms with Gasteiger partial charge in [-0.2, -0.15) is 13.2 Å². The number of halogens is 3. The minimum atomic E-state index is -5.08. The molecule has 2 N–H and O–H groups in total. The third-order valence-electron chi connectivity index (χ3n) is 4.21. The van der Waals surface area contributed by atoms with Crippen molar-refractivity contribution in [2.75, 3.05) is 6.61 Å². The van der Waals surface area contributed by atoms with Gasteiger partial charge in [0.05, 0.1) is 26.3 Å². The Bertz CT molecular complexity index is 1240. The number of hydrogen-bond acceptors (Lipinski definition) is 6. The summed E-state index contributed by atoms with van der Waals surface area (Å²) in [7, 11) is -9.16. The fourth-order valence-corrected chi connectivity index (χ4v) is 5.63. The van der Waals surface area contributed by atoms with Crippen molar-refractivity contribution in [3.05, 3.63) is 54.1 Å². The Balaban J connectivity index is 2.39. The van der Waals surface area contributed by atoms with Gasteiger partial charge in [-0.15, -0.1) is 0 Å². The van der Waals surface area contributed by atoms with Gasteiger partial charge in [0, 0.05) is 5.54 Å². The second-order valence-corrected chi connectivity index (χ2v) is 12.1. The van der Waals surface area contributed by atoms with Gasteiger partial charge in [-0.05, 0) is 58.0 Å². The van der Waals surface area contributed by atoms with Crippen LogP contribution in [0.1, 0.15) is 33.3 Å². The molecule has 1 amide bonds. The average Bonchev–Trinajstić information content (AvgIpc) is 2.70. The van der Waals surface area contributed by atoms with Crippen molar-refractivity contribution in [3.63, 3.8) is 0 Å². The van der Waals surface area contributed by atoms with Gasteiger partial charge in [0.15, 0.2) is 0 Å². The molecule has 0 radical (unpaired) electrons. The zero-order valence-corrected chi connectivity index (χ0v) is 20.4. The van der Waals surface area contributed by atoms with Gasteiger partial charge in [-0.3, -0.25) is 0 Å². The molecule has 0 aliphatic carbocycles. The molecule has 188 valence electrons. The predicted octanol–water partition coefficient (Wildman–Crippen LogP) is 3.73. The van der Waals surface area contributed by atoms with Crippen LogP contribution in [0.3, 0.4) is 0 Å². The number of benzene rings is 2. The van der Waals surface area contributed by atoms with Gasteiger partial charge in [0.2, 0.25) is 19.9 Å². The van der Waals surface area contributed by atoms with Crippen LogP contribution in [0.5, 0.6) is 0 Å². The van der Waals surface area contributed by atoms with E-state index in [4.69, 9.17) is 4.74 Å². The van der Waals surface area contributed by atoms with E-state index in [-0.39, 0.29) is 4.90 Å². The summed E-state index contributed by atoms with van der Waals surface area (Å²) >= 11 is 0. The Labute approximate surface area is 196 Å². The highest BCUT2D eigenvalue weighted by molar-refractivity contribution is 7.91. The standard InChI is InChI=1S/C21H25F3N2O6S2/c1-14(13-32-19(27)25-20(2,3)4)26-34(30,31)18-12-16(10-11-17(18)21(22,23)24)33(28,29)15-8-6-5-7-9-15/h5-12,14,26H,13H2,1-4H3,(H,25,27). The molecule has 0 saturated heterocycles. The second kappa shape index (κ2) is 9.92. The fourth-order valence-electron chi connectivity index (χ4n) is 2.77. The Hall–Kier alpha value is -2.64. The summed E-state index contributed by atoms with van der Waals surface area (Å²) in [4.78, 5) is 9.65. The maximum absolute atomic E-state index is 13.6. The Morgan fingerprint density at radius 1 is 0.971 bits per heavy atom. The molecule has 0 bridgehead atoms. The first kappa shape index (κ1) is 27.6. The van der Waals surface area contributed by atoms with Crippen LogP contribution in [0, 0.1) is 0 Å². The Morgan fingerprint density at radius 3 is 2.09 bits per heavy atom. The van der Waals surface area contributed by atoms with Crippen LogP contribution in [-0.2, 0) is 30.8 Å². The second-order valence-electron chi connectivity index (χ2n) is 8.47. The van der Waals surface area contributed by atoms with E-state index >= 15 is 0 Å². The summed E-state index contributed by atoms with van der Waals surface area (Å²) in [5.74, 6) is 0. The number of alkyl halides is 3. The van der Waals surface area contributed by atoms with Crippen molar-refractivity contribution in [3.8, 4) is 0 Å². The molecule has 2 aromatic carbocycles. The largest absolute Gasteiger partial charge is 0.448 e. The van der Waals surface area contributed by atoms with E-state index in [9.17, 15) is 34.8 Å². The Kier molecular flexibility index (Phi) is 8.05. The SMILES string of the molecule is CC(COC(=O)NC(C)(C)C)NS(=O)(=O)c1cc(S(=O)(=O)c2ccccc2)ccc1C(F)(F)F. The van der Waals surface area contributed by atoms with E-state index in [2.05, 4.69) is 5.32 Å². The van der Waals surface area contributed by atoms with Gasteiger partial charge < -0.3 is 10.1 Å². The van der Waals surface area contributed by atoms with Crippen molar-refractivity contribution in [1.29, 1.82) is 0 Å². The van der Waals surface area contributed by atoms with Crippen LogP contribution in [-0.4, -0.2) is 41.1 Å². The van der Waals surface area contributed by atoms with E-state index in [0.29, 0.717) is 18.2 Å². The monoisotopic (exact) mass is 522 g/mol. The Morgan fingerprint density at radius 2 is 1.56 bits per heavy atom. The van der Waals surface area contributed by atoms with Gasteiger partial charge in [0.25, 0.3) is 0 Å². The highest BCUT2D eigenvalue weighted by Crippen LogP contribution is 2.36. The lowest BCUT2D eigenvalue weighted by Crippen LogP contribution is -2.43. The van der Waals surface area contributed by atoms with E-state index in [1.54, 1.807) is 26.8 Å². The third-order valence-corrected chi connectivity index (χ3v) is 7.61. The maximum atomic E-state index is 13.6. The number of rotatable bonds is 7. The number of ether oxygens (including phenoxy) is 1. The number of amides is 1. The molecule has 34 heavy (non-hydrogen) atoms. The molecule has 13 heteroatoms. The molecule has 0 aromatic heterocycles. The lowest BCUT2D eigenvalue weighted by molar-refractivity contribution is -0.139. The fraction of sp³-hybridized carbons (Fsp3) is 0.381. The molecule has 2 aromatic rings. The topological polar surface area (TPSA) is 119 Å². The predicted molar refractivity (Wildman–Crippen MR) is 117 cm³/mol. The number of sulfonamides is 1. The quantitative estimate of drug-likeness (QED) is 0.572. The number of hydrogen-bond donors (Lipinski definition) is 2. The van der Waals surface area contributed by atoms with Crippen molar-refractivity contribution in [1.82, 2.24) is 10.0 Å². The normalized spacial score (nSPS) is 13.9. The summed E-state index contributed by atoms with van der Waals surface area (Å²) < 4.78 is 98.9.